The summed E-state index contributed by atoms with van der Waals surface area (Å²) in [7, 11) is 0. The summed E-state index contributed by atoms with van der Waals surface area (Å²) in [5.74, 6) is 0.120. The van der Waals surface area contributed by atoms with Gasteiger partial charge in [-0.1, -0.05) is 6.07 Å². The van der Waals surface area contributed by atoms with Crippen LogP contribution in [0.4, 0.5) is 0 Å². The van der Waals surface area contributed by atoms with Crippen molar-refractivity contribution in [2.75, 3.05) is 13.1 Å². The Morgan fingerprint density at radius 3 is 2.75 bits per heavy atom. The van der Waals surface area contributed by atoms with Gasteiger partial charge in [0.25, 0.3) is 5.91 Å². The summed E-state index contributed by atoms with van der Waals surface area (Å²) in [6.07, 6.45) is 11.3. The van der Waals surface area contributed by atoms with Gasteiger partial charge in [0.1, 0.15) is 11.3 Å². The third kappa shape index (κ3) is 3.56. The van der Waals surface area contributed by atoms with Gasteiger partial charge in [-0.3, -0.25) is 9.48 Å². The van der Waals surface area contributed by atoms with Crippen LogP contribution in [0.15, 0.2) is 36.8 Å². The van der Waals surface area contributed by atoms with E-state index in [2.05, 4.69) is 45.5 Å². The molecule has 0 spiro atoms. The van der Waals surface area contributed by atoms with E-state index in [0.717, 1.165) is 61.2 Å². The summed E-state index contributed by atoms with van der Waals surface area (Å²) in [6, 6.07) is 7.66. The van der Waals surface area contributed by atoms with Crippen LogP contribution >= 0.6 is 0 Å². The Hall–Kier alpha value is -3.45. The molecule has 1 amide bonds. The van der Waals surface area contributed by atoms with Gasteiger partial charge >= 0.3 is 0 Å². The third-order valence-electron chi connectivity index (χ3n) is 8.24. The molecule has 3 aromatic heterocycles. The molecule has 3 aliphatic rings. The molecule has 7 rings (SSSR count). The molecule has 1 saturated heterocycles. The zero-order chi connectivity index (χ0) is 24.4. The molecule has 0 bridgehead atoms. The van der Waals surface area contributed by atoms with Crippen molar-refractivity contribution in [1.29, 1.82) is 0 Å². The van der Waals surface area contributed by atoms with E-state index in [4.69, 9.17) is 0 Å². The van der Waals surface area contributed by atoms with Crippen LogP contribution in [-0.2, 0) is 13.0 Å². The molecule has 2 aliphatic heterocycles. The number of aromatic amines is 1. The number of pyridine rings is 1. The number of nitrogens with zero attached hydrogens (tertiary/aromatic N) is 4. The van der Waals surface area contributed by atoms with Crippen LogP contribution in [0, 0.1) is 13.8 Å². The van der Waals surface area contributed by atoms with Gasteiger partial charge in [-0.2, -0.15) is 5.10 Å². The summed E-state index contributed by atoms with van der Waals surface area (Å²) < 4.78 is 1.97. The average Bonchev–Trinajstić information content (AvgIpc) is 3.27. The predicted molar refractivity (Wildman–Crippen MR) is 140 cm³/mol. The lowest BCUT2D eigenvalue weighted by atomic mass is 9.87. The topological polar surface area (TPSA) is 78.8 Å². The van der Waals surface area contributed by atoms with Crippen LogP contribution in [-0.4, -0.2) is 43.6 Å². The number of aryl methyl sites for hydroxylation is 2. The number of carbonyl (C=O) groups excluding carboxylic acids is 1. The Balaban J connectivity index is 1.27. The average molecular weight is 481 g/mol. The molecule has 2 fully saturated rings. The maximum atomic E-state index is 13.7. The zero-order valence-electron chi connectivity index (χ0n) is 21.0. The van der Waals surface area contributed by atoms with Gasteiger partial charge in [0, 0.05) is 48.0 Å². The summed E-state index contributed by atoms with van der Waals surface area (Å²) in [6.45, 7) is 6.56. The van der Waals surface area contributed by atoms with E-state index in [9.17, 15) is 4.79 Å². The maximum Gasteiger partial charge on any atom is 0.272 e. The standard InChI is InChI=1S/C29H32N6O/c1-17-13-31-28-23(17)12-21(15-32-28)20-10-19-7-9-34(16-25(19)24(11-20)26-4-3-8-30-26)29(36)27-18(2)14-33-35(27)22-5-6-22/h10-15,22,26,30H,3-9,16H2,1-2H3,(H,31,32)/t26-/m0/s1. The second-order valence-corrected chi connectivity index (χ2v) is 10.8. The van der Waals surface area contributed by atoms with Crippen molar-refractivity contribution in [1.82, 2.24) is 30.0 Å². The van der Waals surface area contributed by atoms with Crippen molar-refractivity contribution < 1.29 is 4.79 Å². The fourth-order valence-corrected chi connectivity index (χ4v) is 6.05. The highest BCUT2D eigenvalue weighted by molar-refractivity contribution is 5.94. The van der Waals surface area contributed by atoms with E-state index in [0.29, 0.717) is 18.6 Å². The van der Waals surface area contributed by atoms with Crippen molar-refractivity contribution in [2.45, 2.75) is 64.6 Å². The van der Waals surface area contributed by atoms with Crippen LogP contribution in [0.3, 0.4) is 0 Å². The van der Waals surface area contributed by atoms with Crippen LogP contribution in [0.5, 0.6) is 0 Å². The molecule has 1 aliphatic carbocycles. The van der Waals surface area contributed by atoms with E-state index in [1.807, 2.05) is 35.1 Å². The van der Waals surface area contributed by atoms with Crippen molar-refractivity contribution in [2.24, 2.45) is 0 Å². The number of H-pyrrole nitrogens is 1. The van der Waals surface area contributed by atoms with Gasteiger partial charge in [0.2, 0.25) is 0 Å². The normalized spacial score (nSPS) is 19.7. The monoisotopic (exact) mass is 480 g/mol. The first kappa shape index (κ1) is 21.8. The molecule has 1 aromatic carbocycles. The fourth-order valence-electron chi connectivity index (χ4n) is 6.05. The number of aromatic nitrogens is 4. The Bertz CT molecular complexity index is 1490. The molecule has 184 valence electrons. The number of hydrogen-bond donors (Lipinski definition) is 2. The summed E-state index contributed by atoms with van der Waals surface area (Å²) >= 11 is 0. The number of benzene rings is 1. The Morgan fingerprint density at radius 2 is 1.94 bits per heavy atom. The molecule has 1 saturated carbocycles. The number of carbonyl (C=O) groups is 1. The molecule has 0 unspecified atom stereocenters. The molecule has 36 heavy (non-hydrogen) atoms. The van der Waals surface area contributed by atoms with Crippen LogP contribution in [0.25, 0.3) is 22.2 Å². The molecule has 1 atom stereocenters. The highest BCUT2D eigenvalue weighted by Crippen LogP contribution is 2.38. The van der Waals surface area contributed by atoms with Crippen molar-refractivity contribution in [3.8, 4) is 11.1 Å². The van der Waals surface area contributed by atoms with Gasteiger partial charge in [-0.05, 0) is 92.4 Å². The zero-order valence-corrected chi connectivity index (χ0v) is 21.0. The summed E-state index contributed by atoms with van der Waals surface area (Å²) in [5, 5.41) is 9.42. The van der Waals surface area contributed by atoms with Gasteiger partial charge in [-0.15, -0.1) is 0 Å². The quantitative estimate of drug-likeness (QED) is 0.431. The number of hydrogen-bond acceptors (Lipinski definition) is 4. The van der Waals surface area contributed by atoms with Crippen molar-refractivity contribution in [3.05, 3.63) is 70.3 Å². The summed E-state index contributed by atoms with van der Waals surface area (Å²) in [5.41, 5.74) is 10.3. The molecule has 7 heteroatoms. The Labute approximate surface area is 210 Å². The molecule has 5 heterocycles. The highest BCUT2D eigenvalue weighted by atomic mass is 16.2. The first-order valence-corrected chi connectivity index (χ1v) is 13.2. The minimum Gasteiger partial charge on any atom is -0.346 e. The minimum absolute atomic E-state index is 0.120. The van der Waals surface area contributed by atoms with Crippen LogP contribution in [0.2, 0.25) is 0 Å². The van der Waals surface area contributed by atoms with Gasteiger partial charge in [0.15, 0.2) is 0 Å². The lowest BCUT2D eigenvalue weighted by Gasteiger charge is -2.32. The minimum atomic E-state index is 0.120. The van der Waals surface area contributed by atoms with Crippen LogP contribution in [0.1, 0.15) is 76.1 Å². The molecule has 0 radical (unpaired) electrons. The number of nitrogens with one attached hydrogen (secondary N) is 2. The van der Waals surface area contributed by atoms with Crippen molar-refractivity contribution >= 4 is 16.9 Å². The lowest BCUT2D eigenvalue weighted by molar-refractivity contribution is 0.0720. The predicted octanol–water partition coefficient (Wildman–Crippen LogP) is 5.00. The second kappa shape index (κ2) is 8.30. The molecule has 7 nitrogen and oxygen atoms in total. The Kier molecular flexibility index (Phi) is 5.03. The van der Waals surface area contributed by atoms with Crippen molar-refractivity contribution in [3.63, 3.8) is 0 Å². The third-order valence-corrected chi connectivity index (χ3v) is 8.24. The Morgan fingerprint density at radius 1 is 1.06 bits per heavy atom. The van der Waals surface area contributed by atoms with E-state index < -0.39 is 0 Å². The molecule has 4 aromatic rings. The second-order valence-electron chi connectivity index (χ2n) is 10.8. The SMILES string of the molecule is Cc1cnn(C2CC2)c1C(=O)N1CCc2cc(-c3cnc4[nH]cc(C)c4c3)cc([C@@H]3CCCN3)c2C1. The van der Waals surface area contributed by atoms with Gasteiger partial charge < -0.3 is 15.2 Å². The van der Waals surface area contributed by atoms with Gasteiger partial charge in [0.05, 0.1) is 12.2 Å². The first-order chi connectivity index (χ1) is 17.6. The largest absolute Gasteiger partial charge is 0.346 e. The maximum absolute atomic E-state index is 13.7. The van der Waals surface area contributed by atoms with E-state index >= 15 is 0 Å². The van der Waals surface area contributed by atoms with E-state index in [-0.39, 0.29) is 5.91 Å². The highest BCUT2D eigenvalue weighted by Gasteiger charge is 2.34. The molecular formula is C29H32N6O. The molecular weight excluding hydrogens is 448 g/mol. The number of rotatable bonds is 4. The summed E-state index contributed by atoms with van der Waals surface area (Å²) in [4.78, 5) is 23.7. The number of amides is 1. The van der Waals surface area contributed by atoms with E-state index in [1.54, 1.807) is 0 Å². The van der Waals surface area contributed by atoms with Gasteiger partial charge in [-0.25, -0.2) is 4.98 Å². The fraction of sp³-hybridized carbons (Fsp3) is 0.414. The smallest absolute Gasteiger partial charge is 0.272 e. The van der Waals surface area contributed by atoms with E-state index in [1.165, 1.54) is 39.6 Å². The number of fused-ring (bicyclic) bond motifs is 2. The first-order valence-electron chi connectivity index (χ1n) is 13.2. The van der Waals surface area contributed by atoms with Crippen LogP contribution < -0.4 is 5.32 Å². The molecule has 2 N–H and O–H groups in total. The lowest BCUT2D eigenvalue weighted by Crippen LogP contribution is -2.38.